The number of carboxylic acids is 1. The third-order valence-corrected chi connectivity index (χ3v) is 2.88. The number of nitro groups is 1. The van der Waals surface area contributed by atoms with E-state index in [4.69, 9.17) is 10.9 Å². The van der Waals surface area contributed by atoms with Gasteiger partial charge in [-0.1, -0.05) is 0 Å². The summed E-state index contributed by atoms with van der Waals surface area (Å²) < 4.78 is 1.04. The molecule has 0 saturated carbocycles. The summed E-state index contributed by atoms with van der Waals surface area (Å²) in [5.41, 5.74) is 1.80. The molecule has 0 fully saturated rings. The van der Waals surface area contributed by atoms with Gasteiger partial charge in [-0.15, -0.1) is 0 Å². The van der Waals surface area contributed by atoms with E-state index in [0.717, 1.165) is 4.68 Å². The minimum Gasteiger partial charge on any atom is -0.477 e. The van der Waals surface area contributed by atoms with Crippen molar-refractivity contribution in [2.45, 2.75) is 6.92 Å². The van der Waals surface area contributed by atoms with E-state index in [1.165, 1.54) is 18.3 Å². The number of nitrogens with two attached hydrogens (primary N) is 1. The van der Waals surface area contributed by atoms with Crippen molar-refractivity contribution in [1.82, 2.24) is 4.68 Å². The molecule has 0 amide bonds. The number of nitrogens with zero attached hydrogens (tertiary/aromatic N) is 2. The van der Waals surface area contributed by atoms with Gasteiger partial charge in [0.15, 0.2) is 5.69 Å². The first-order valence-electron chi connectivity index (χ1n) is 5.37. The van der Waals surface area contributed by atoms with Gasteiger partial charge in [0.2, 0.25) is 0 Å². The Bertz CT molecular complexity index is 658. The van der Waals surface area contributed by atoms with Crippen LogP contribution in [0.25, 0.3) is 11.1 Å². The van der Waals surface area contributed by atoms with Crippen LogP contribution in [-0.2, 0) is 0 Å². The van der Waals surface area contributed by atoms with E-state index >= 15 is 0 Å². The van der Waals surface area contributed by atoms with Crippen molar-refractivity contribution < 1.29 is 14.8 Å². The maximum atomic E-state index is 11.0. The highest BCUT2D eigenvalue weighted by Gasteiger charge is 2.18. The van der Waals surface area contributed by atoms with E-state index in [9.17, 15) is 14.9 Å². The van der Waals surface area contributed by atoms with Gasteiger partial charge in [-0.2, -0.15) is 0 Å². The second kappa shape index (κ2) is 4.45. The Hall–Kier alpha value is -2.83. The third-order valence-electron chi connectivity index (χ3n) is 2.88. The fourth-order valence-electron chi connectivity index (χ4n) is 1.95. The molecule has 0 spiro atoms. The van der Waals surface area contributed by atoms with Crippen LogP contribution in [0.4, 0.5) is 5.69 Å². The average Bonchev–Trinajstić information content (AvgIpc) is 2.65. The Kier molecular flexibility index (Phi) is 2.95. The van der Waals surface area contributed by atoms with Crippen molar-refractivity contribution in [1.29, 1.82) is 0 Å². The zero-order valence-corrected chi connectivity index (χ0v) is 10.0. The molecule has 2 aromatic rings. The summed E-state index contributed by atoms with van der Waals surface area (Å²) in [6.45, 7) is 1.64. The first-order chi connectivity index (χ1) is 8.91. The Morgan fingerprint density at radius 3 is 2.37 bits per heavy atom. The number of nitro benzene ring substituents is 1. The van der Waals surface area contributed by atoms with Gasteiger partial charge in [0, 0.05) is 23.9 Å². The summed E-state index contributed by atoms with van der Waals surface area (Å²) in [6.07, 6.45) is 1.49. The van der Waals surface area contributed by atoms with E-state index in [2.05, 4.69) is 0 Å². The van der Waals surface area contributed by atoms with Crippen LogP contribution in [0.3, 0.4) is 0 Å². The third kappa shape index (κ3) is 2.13. The first kappa shape index (κ1) is 12.6. The molecular formula is C12H11N3O4. The molecule has 0 radical (unpaired) electrons. The lowest BCUT2D eigenvalue weighted by Gasteiger charge is -2.00. The maximum absolute atomic E-state index is 11.0. The Balaban J connectivity index is 2.51. The van der Waals surface area contributed by atoms with Crippen molar-refractivity contribution in [3.8, 4) is 11.1 Å². The van der Waals surface area contributed by atoms with Crippen molar-refractivity contribution in [3.63, 3.8) is 0 Å². The number of rotatable bonds is 3. The quantitative estimate of drug-likeness (QED) is 0.497. The van der Waals surface area contributed by atoms with Gasteiger partial charge in [0.1, 0.15) is 0 Å². The molecule has 0 aliphatic heterocycles. The molecule has 0 atom stereocenters. The maximum Gasteiger partial charge on any atom is 0.354 e. The lowest BCUT2D eigenvalue weighted by atomic mass is 10.0. The second-order valence-electron chi connectivity index (χ2n) is 4.03. The number of carboxylic acid groups (broad SMARTS) is 1. The normalized spacial score (nSPS) is 10.4. The number of hydrogen-bond donors (Lipinski definition) is 2. The number of non-ortho nitro benzene ring substituents is 1. The number of carbonyl (C=O) groups is 1. The van der Waals surface area contributed by atoms with Crippen molar-refractivity contribution in [2.24, 2.45) is 0 Å². The molecule has 0 aliphatic rings. The van der Waals surface area contributed by atoms with Crippen molar-refractivity contribution >= 4 is 11.7 Å². The lowest BCUT2D eigenvalue weighted by Crippen LogP contribution is -2.15. The summed E-state index contributed by atoms with van der Waals surface area (Å²) in [4.78, 5) is 21.1. The lowest BCUT2D eigenvalue weighted by molar-refractivity contribution is -0.384. The summed E-state index contributed by atoms with van der Waals surface area (Å²) in [5.74, 6) is 4.47. The number of aromatic carboxylic acids is 1. The smallest absolute Gasteiger partial charge is 0.354 e. The molecule has 3 N–H and O–H groups in total. The van der Waals surface area contributed by atoms with Gasteiger partial charge in [0.25, 0.3) is 5.69 Å². The number of aromatic nitrogens is 1. The number of hydrogen-bond acceptors (Lipinski definition) is 4. The van der Waals surface area contributed by atoms with E-state index in [0.29, 0.717) is 16.7 Å². The largest absolute Gasteiger partial charge is 0.477 e. The molecule has 0 saturated heterocycles. The number of nitrogen functional groups attached to an aromatic ring is 1. The fraction of sp³-hybridized carbons (Fsp3) is 0.0833. The zero-order valence-electron chi connectivity index (χ0n) is 10.0. The van der Waals surface area contributed by atoms with Gasteiger partial charge in [-0.05, 0) is 30.2 Å². The van der Waals surface area contributed by atoms with E-state index < -0.39 is 10.9 Å². The first-order valence-corrected chi connectivity index (χ1v) is 5.37. The zero-order chi connectivity index (χ0) is 14.2. The number of benzene rings is 1. The van der Waals surface area contributed by atoms with Crippen LogP contribution >= 0.6 is 0 Å². The predicted molar refractivity (Wildman–Crippen MR) is 68.4 cm³/mol. The highest BCUT2D eigenvalue weighted by atomic mass is 16.6. The summed E-state index contributed by atoms with van der Waals surface area (Å²) in [7, 11) is 0. The monoisotopic (exact) mass is 261 g/mol. The second-order valence-corrected chi connectivity index (χ2v) is 4.03. The van der Waals surface area contributed by atoms with Crippen LogP contribution in [-0.4, -0.2) is 20.7 Å². The molecular weight excluding hydrogens is 250 g/mol. The highest BCUT2D eigenvalue weighted by Crippen LogP contribution is 2.28. The van der Waals surface area contributed by atoms with Gasteiger partial charge >= 0.3 is 5.97 Å². The molecule has 0 unspecified atom stereocenters. The predicted octanol–water partition coefficient (Wildman–Crippen LogP) is 1.78. The molecule has 1 aromatic carbocycles. The Labute approximate surface area is 108 Å². The van der Waals surface area contributed by atoms with Gasteiger partial charge in [0.05, 0.1) is 4.92 Å². The van der Waals surface area contributed by atoms with Crippen LogP contribution in [0.2, 0.25) is 0 Å². The molecule has 1 heterocycles. The molecule has 0 aliphatic carbocycles. The van der Waals surface area contributed by atoms with E-state index in [1.807, 2.05) is 0 Å². The van der Waals surface area contributed by atoms with Gasteiger partial charge in [-0.25, -0.2) is 4.79 Å². The van der Waals surface area contributed by atoms with Crippen LogP contribution in [0.1, 0.15) is 16.1 Å². The average molecular weight is 261 g/mol. The Morgan fingerprint density at radius 1 is 1.37 bits per heavy atom. The van der Waals surface area contributed by atoms with Gasteiger partial charge < -0.3 is 10.9 Å². The molecule has 1 aromatic heterocycles. The minimum atomic E-state index is -1.12. The van der Waals surface area contributed by atoms with E-state index in [-0.39, 0.29) is 11.4 Å². The summed E-state index contributed by atoms with van der Waals surface area (Å²) in [5, 5.41) is 19.6. The van der Waals surface area contributed by atoms with Gasteiger partial charge in [-0.3, -0.25) is 14.8 Å². The summed E-state index contributed by atoms with van der Waals surface area (Å²) >= 11 is 0. The fourth-order valence-corrected chi connectivity index (χ4v) is 1.95. The molecule has 7 heteroatoms. The molecule has 2 rings (SSSR count). The van der Waals surface area contributed by atoms with Crippen molar-refractivity contribution in [3.05, 3.63) is 51.8 Å². The van der Waals surface area contributed by atoms with Crippen LogP contribution < -0.4 is 5.84 Å². The molecule has 98 valence electrons. The highest BCUT2D eigenvalue weighted by molar-refractivity contribution is 5.91. The topological polar surface area (TPSA) is 111 Å². The molecule has 0 bridgehead atoms. The van der Waals surface area contributed by atoms with Crippen molar-refractivity contribution in [2.75, 3.05) is 5.84 Å². The van der Waals surface area contributed by atoms with Crippen LogP contribution in [0, 0.1) is 17.0 Å². The van der Waals surface area contributed by atoms with E-state index in [1.54, 1.807) is 19.1 Å². The van der Waals surface area contributed by atoms with Crippen LogP contribution in [0.5, 0.6) is 0 Å². The summed E-state index contributed by atoms with van der Waals surface area (Å²) in [6, 6.07) is 5.85. The molecule has 7 nitrogen and oxygen atoms in total. The standard InChI is InChI=1S/C12H11N3O4/c1-7-10(6-14(13)11(7)12(16)17)8-2-4-9(5-3-8)15(18)19/h2-6H,13H2,1H3,(H,16,17). The SMILES string of the molecule is Cc1c(-c2ccc([N+](=O)[O-])cc2)cn(N)c1C(=O)O. The van der Waals surface area contributed by atoms with Crippen LogP contribution in [0.15, 0.2) is 30.5 Å². The minimum absolute atomic E-state index is 0.00615. The Morgan fingerprint density at radius 2 is 1.95 bits per heavy atom. The molecule has 19 heavy (non-hydrogen) atoms.